The fourth-order valence-corrected chi connectivity index (χ4v) is 3.04. The Morgan fingerprint density at radius 1 is 1.43 bits per heavy atom. The van der Waals surface area contributed by atoms with Gasteiger partial charge in [-0.3, -0.25) is 9.89 Å². The number of nitrogens with zero attached hydrogens (tertiary/aromatic N) is 1. The Labute approximate surface area is 134 Å². The van der Waals surface area contributed by atoms with Crippen molar-refractivity contribution < 1.29 is 9.18 Å². The van der Waals surface area contributed by atoms with E-state index < -0.39 is 0 Å². The highest BCUT2D eigenvalue weighted by Gasteiger charge is 2.22. The summed E-state index contributed by atoms with van der Waals surface area (Å²) in [5.74, 6) is -0.384. The minimum atomic E-state index is -0.311. The van der Waals surface area contributed by atoms with Gasteiger partial charge >= 0.3 is 0 Å². The number of aromatic amines is 1. The van der Waals surface area contributed by atoms with E-state index in [4.69, 9.17) is 0 Å². The summed E-state index contributed by atoms with van der Waals surface area (Å²) in [6.45, 7) is 2.01. The van der Waals surface area contributed by atoms with E-state index in [0.29, 0.717) is 18.2 Å². The van der Waals surface area contributed by atoms with Gasteiger partial charge in [0.1, 0.15) is 5.82 Å². The van der Waals surface area contributed by atoms with Crippen molar-refractivity contribution in [3.05, 3.63) is 47.5 Å². The van der Waals surface area contributed by atoms with Crippen molar-refractivity contribution in [1.82, 2.24) is 15.5 Å². The fraction of sp³-hybridized carbons (Fsp3) is 0.412. The van der Waals surface area contributed by atoms with Gasteiger partial charge in [0.15, 0.2) is 0 Å². The maximum atomic E-state index is 12.8. The standard InChI is InChI=1S/C17H21FN4O/c1-11(8-17(23)21-14-4-2-13(18)3-5-14)20-15-6-7-16-12(9-15)10-19-22-16/h2-5,10-11,15,20H,6-9H2,1H3,(H,19,22)(H,21,23)/t11-,15+/m1/s1. The van der Waals surface area contributed by atoms with Crippen molar-refractivity contribution >= 4 is 11.6 Å². The van der Waals surface area contributed by atoms with Crippen molar-refractivity contribution in [2.24, 2.45) is 0 Å². The zero-order valence-corrected chi connectivity index (χ0v) is 13.1. The Hall–Kier alpha value is -2.21. The second kappa shape index (κ2) is 6.91. The lowest BCUT2D eigenvalue weighted by Gasteiger charge is -2.26. The maximum absolute atomic E-state index is 12.8. The number of benzene rings is 1. The van der Waals surface area contributed by atoms with E-state index in [9.17, 15) is 9.18 Å². The lowest BCUT2D eigenvalue weighted by Crippen LogP contribution is -2.41. The molecule has 1 aromatic carbocycles. The molecule has 0 spiro atoms. The van der Waals surface area contributed by atoms with Crippen molar-refractivity contribution in [3.63, 3.8) is 0 Å². The highest BCUT2D eigenvalue weighted by atomic mass is 19.1. The van der Waals surface area contributed by atoms with Gasteiger partial charge < -0.3 is 10.6 Å². The van der Waals surface area contributed by atoms with Gasteiger partial charge in [0, 0.05) is 29.9 Å². The van der Waals surface area contributed by atoms with Gasteiger partial charge in [-0.2, -0.15) is 5.10 Å². The van der Waals surface area contributed by atoms with Gasteiger partial charge in [-0.1, -0.05) is 0 Å². The molecule has 2 aromatic rings. The molecule has 0 saturated heterocycles. The first-order chi connectivity index (χ1) is 11.1. The molecule has 0 radical (unpaired) electrons. The van der Waals surface area contributed by atoms with Crippen LogP contribution in [0.4, 0.5) is 10.1 Å². The average molecular weight is 316 g/mol. The molecule has 6 heteroatoms. The molecule has 5 nitrogen and oxygen atoms in total. The number of H-pyrrole nitrogens is 1. The van der Waals surface area contributed by atoms with Crippen LogP contribution in [0.5, 0.6) is 0 Å². The number of hydrogen-bond donors (Lipinski definition) is 3. The first kappa shape index (κ1) is 15.7. The molecule has 3 N–H and O–H groups in total. The smallest absolute Gasteiger partial charge is 0.225 e. The zero-order valence-electron chi connectivity index (χ0n) is 13.1. The molecular weight excluding hydrogens is 295 g/mol. The lowest BCUT2D eigenvalue weighted by atomic mass is 9.93. The Morgan fingerprint density at radius 3 is 3.00 bits per heavy atom. The summed E-state index contributed by atoms with van der Waals surface area (Å²) in [6.07, 6.45) is 5.23. The molecule has 0 fully saturated rings. The predicted octanol–water partition coefficient (Wildman–Crippen LogP) is 2.41. The molecule has 3 rings (SSSR count). The van der Waals surface area contributed by atoms with Crippen LogP contribution >= 0.6 is 0 Å². The molecule has 1 amide bonds. The highest BCUT2D eigenvalue weighted by molar-refractivity contribution is 5.91. The maximum Gasteiger partial charge on any atom is 0.225 e. The number of fused-ring (bicyclic) bond motifs is 1. The van der Waals surface area contributed by atoms with Crippen LogP contribution in [-0.2, 0) is 17.6 Å². The van der Waals surface area contributed by atoms with Crippen LogP contribution in [0, 0.1) is 5.82 Å². The summed E-state index contributed by atoms with van der Waals surface area (Å²) in [5, 5.41) is 13.4. The van der Waals surface area contributed by atoms with Gasteiger partial charge in [-0.25, -0.2) is 4.39 Å². The predicted molar refractivity (Wildman–Crippen MR) is 86.6 cm³/mol. The number of amides is 1. The summed E-state index contributed by atoms with van der Waals surface area (Å²) < 4.78 is 12.8. The molecule has 2 atom stereocenters. The van der Waals surface area contributed by atoms with E-state index in [1.54, 1.807) is 12.1 Å². The number of aryl methyl sites for hydroxylation is 1. The number of carbonyl (C=O) groups is 1. The van der Waals surface area contributed by atoms with E-state index in [0.717, 1.165) is 19.3 Å². The summed E-state index contributed by atoms with van der Waals surface area (Å²) in [6, 6.07) is 6.24. The van der Waals surface area contributed by atoms with E-state index in [1.165, 1.54) is 23.4 Å². The van der Waals surface area contributed by atoms with E-state index in [2.05, 4.69) is 20.8 Å². The average Bonchev–Trinajstić information content (AvgIpc) is 2.97. The molecule has 0 saturated carbocycles. The lowest BCUT2D eigenvalue weighted by molar-refractivity contribution is -0.116. The number of hydrogen-bond acceptors (Lipinski definition) is 3. The molecule has 1 heterocycles. The molecule has 1 aromatic heterocycles. The fourth-order valence-electron chi connectivity index (χ4n) is 3.04. The van der Waals surface area contributed by atoms with Crippen LogP contribution in [0.1, 0.15) is 31.0 Å². The van der Waals surface area contributed by atoms with Gasteiger partial charge in [0.2, 0.25) is 5.91 Å². The molecule has 1 aliphatic rings. The van der Waals surface area contributed by atoms with Crippen LogP contribution in [0.3, 0.4) is 0 Å². The Kier molecular flexibility index (Phi) is 4.71. The number of rotatable bonds is 5. The molecule has 0 unspecified atom stereocenters. The normalized spacial score (nSPS) is 18.3. The van der Waals surface area contributed by atoms with E-state index >= 15 is 0 Å². The summed E-state index contributed by atoms with van der Waals surface area (Å²) >= 11 is 0. The monoisotopic (exact) mass is 316 g/mol. The second-order valence-electron chi connectivity index (χ2n) is 6.14. The van der Waals surface area contributed by atoms with Crippen LogP contribution < -0.4 is 10.6 Å². The van der Waals surface area contributed by atoms with Gasteiger partial charge in [0.05, 0.1) is 6.20 Å². The third-order valence-electron chi connectivity index (χ3n) is 4.16. The number of nitrogens with one attached hydrogen (secondary N) is 3. The molecule has 0 aliphatic heterocycles. The number of carbonyl (C=O) groups excluding carboxylic acids is 1. The summed E-state index contributed by atoms with van der Waals surface area (Å²) in [5.41, 5.74) is 3.10. The number of anilines is 1. The Bertz CT molecular complexity index is 667. The van der Waals surface area contributed by atoms with Crippen molar-refractivity contribution in [2.75, 3.05) is 5.32 Å². The largest absolute Gasteiger partial charge is 0.326 e. The highest BCUT2D eigenvalue weighted by Crippen LogP contribution is 2.19. The quantitative estimate of drug-likeness (QED) is 0.793. The number of aromatic nitrogens is 2. The Morgan fingerprint density at radius 2 is 2.22 bits per heavy atom. The SMILES string of the molecule is C[C@H](CC(=O)Nc1ccc(F)cc1)N[C@H]1CCc2[nH]ncc2C1. The molecule has 1 aliphatic carbocycles. The van der Waals surface area contributed by atoms with Crippen LogP contribution in [0.25, 0.3) is 0 Å². The van der Waals surface area contributed by atoms with Crippen molar-refractivity contribution in [2.45, 2.75) is 44.7 Å². The minimum Gasteiger partial charge on any atom is -0.326 e. The molecule has 23 heavy (non-hydrogen) atoms. The zero-order chi connectivity index (χ0) is 16.2. The minimum absolute atomic E-state index is 0.0728. The second-order valence-corrected chi connectivity index (χ2v) is 6.14. The van der Waals surface area contributed by atoms with Gasteiger partial charge in [0.25, 0.3) is 0 Å². The summed E-state index contributed by atoms with van der Waals surface area (Å²) in [4.78, 5) is 12.0. The van der Waals surface area contributed by atoms with Crippen molar-refractivity contribution in [1.29, 1.82) is 0 Å². The van der Waals surface area contributed by atoms with Gasteiger partial charge in [-0.15, -0.1) is 0 Å². The first-order valence-electron chi connectivity index (χ1n) is 7.93. The van der Waals surface area contributed by atoms with Gasteiger partial charge in [-0.05, 0) is 56.0 Å². The van der Waals surface area contributed by atoms with Crippen molar-refractivity contribution in [3.8, 4) is 0 Å². The molecule has 122 valence electrons. The third-order valence-corrected chi connectivity index (χ3v) is 4.16. The van der Waals surface area contributed by atoms with E-state index in [1.807, 2.05) is 13.1 Å². The first-order valence-corrected chi connectivity index (χ1v) is 7.93. The molecular formula is C17H21FN4O. The van der Waals surface area contributed by atoms with Crippen LogP contribution in [0.2, 0.25) is 0 Å². The van der Waals surface area contributed by atoms with Crippen LogP contribution in [-0.4, -0.2) is 28.2 Å². The Balaban J connectivity index is 1.46. The molecule has 0 bridgehead atoms. The number of halogens is 1. The van der Waals surface area contributed by atoms with Crippen LogP contribution in [0.15, 0.2) is 30.5 Å². The van der Waals surface area contributed by atoms with E-state index in [-0.39, 0.29) is 17.8 Å². The summed E-state index contributed by atoms with van der Waals surface area (Å²) in [7, 11) is 0. The topological polar surface area (TPSA) is 69.8 Å². The third kappa shape index (κ3) is 4.16.